The first-order chi connectivity index (χ1) is 11.5. The molecular weight excluding hydrogens is 342 g/mol. The number of halogens is 1. The number of hydrogen-bond donors (Lipinski definition) is 0. The van der Waals surface area contributed by atoms with Crippen LogP contribution in [0.4, 0.5) is 0 Å². The van der Waals surface area contributed by atoms with Crippen LogP contribution in [-0.4, -0.2) is 30.2 Å². The number of para-hydroxylation sites is 1. The quantitative estimate of drug-likeness (QED) is 0.657. The van der Waals surface area contributed by atoms with E-state index in [9.17, 15) is 4.79 Å². The van der Waals surface area contributed by atoms with Gasteiger partial charge in [-0.25, -0.2) is 0 Å². The molecule has 0 spiro atoms. The minimum absolute atomic E-state index is 0.114. The molecule has 0 N–H and O–H groups in total. The molecular formula is C19H22ClNO2S. The highest BCUT2D eigenvalue weighted by Crippen LogP contribution is 2.28. The van der Waals surface area contributed by atoms with E-state index in [0.29, 0.717) is 11.6 Å². The summed E-state index contributed by atoms with van der Waals surface area (Å²) in [6.07, 6.45) is 0.766. The summed E-state index contributed by atoms with van der Waals surface area (Å²) in [6.45, 7) is 2.56. The number of hydrogen-bond acceptors (Lipinski definition) is 3. The number of thioether (sulfide) groups is 1. The summed E-state index contributed by atoms with van der Waals surface area (Å²) in [5, 5.41) is 0.581. The van der Waals surface area contributed by atoms with E-state index in [4.69, 9.17) is 16.3 Å². The number of methoxy groups -OCH3 is 1. The fourth-order valence-electron chi connectivity index (χ4n) is 2.40. The Morgan fingerprint density at radius 2 is 1.88 bits per heavy atom. The van der Waals surface area contributed by atoms with Gasteiger partial charge in [0.25, 0.3) is 0 Å². The second-order valence-electron chi connectivity index (χ2n) is 5.47. The first-order valence-corrected chi connectivity index (χ1v) is 9.10. The van der Waals surface area contributed by atoms with Gasteiger partial charge < -0.3 is 9.64 Å². The van der Waals surface area contributed by atoms with Crippen molar-refractivity contribution < 1.29 is 9.53 Å². The lowest BCUT2D eigenvalue weighted by atomic mass is 10.2. The average Bonchev–Trinajstić information content (AvgIpc) is 2.61. The van der Waals surface area contributed by atoms with E-state index in [1.807, 2.05) is 62.5 Å². The van der Waals surface area contributed by atoms with Crippen LogP contribution in [0.15, 0.2) is 53.4 Å². The molecule has 0 aliphatic heterocycles. The van der Waals surface area contributed by atoms with Gasteiger partial charge in [0.15, 0.2) is 0 Å². The molecule has 0 aliphatic rings. The van der Waals surface area contributed by atoms with Gasteiger partial charge in [-0.1, -0.05) is 36.7 Å². The highest BCUT2D eigenvalue weighted by molar-refractivity contribution is 8.00. The fraction of sp³-hybridized carbons (Fsp3) is 0.316. The van der Waals surface area contributed by atoms with Crippen molar-refractivity contribution in [3.63, 3.8) is 0 Å². The summed E-state index contributed by atoms with van der Waals surface area (Å²) in [5.41, 5.74) is 1.00. The van der Waals surface area contributed by atoms with Gasteiger partial charge in [0, 0.05) is 29.1 Å². The zero-order valence-corrected chi connectivity index (χ0v) is 15.7. The topological polar surface area (TPSA) is 29.5 Å². The van der Waals surface area contributed by atoms with Gasteiger partial charge in [0.05, 0.1) is 12.4 Å². The van der Waals surface area contributed by atoms with Crippen molar-refractivity contribution in [1.29, 1.82) is 0 Å². The second-order valence-corrected chi connectivity index (χ2v) is 7.19. The Kier molecular flexibility index (Phi) is 7.00. The normalized spacial score (nSPS) is 11.8. The standard InChI is InChI=1S/C19H22ClNO2S/c1-4-18(24-16-11-9-15(20)10-12-16)19(22)21(2)13-14-7-5-6-8-17(14)23-3/h5-12,18H,4,13H2,1-3H3/t18-/m0/s1. The van der Waals surface area contributed by atoms with Crippen molar-refractivity contribution >= 4 is 29.3 Å². The van der Waals surface area contributed by atoms with Crippen LogP contribution in [0.25, 0.3) is 0 Å². The lowest BCUT2D eigenvalue weighted by Gasteiger charge is -2.23. The summed E-state index contributed by atoms with van der Waals surface area (Å²) in [7, 11) is 3.48. The first kappa shape index (κ1) is 18.7. The van der Waals surface area contributed by atoms with Crippen LogP contribution in [0.1, 0.15) is 18.9 Å². The molecule has 0 saturated heterocycles. The number of benzene rings is 2. The summed E-state index contributed by atoms with van der Waals surface area (Å²) >= 11 is 7.49. The largest absolute Gasteiger partial charge is 0.496 e. The molecule has 0 radical (unpaired) electrons. The smallest absolute Gasteiger partial charge is 0.236 e. The van der Waals surface area contributed by atoms with Crippen molar-refractivity contribution in [1.82, 2.24) is 4.90 Å². The van der Waals surface area contributed by atoms with Crippen LogP contribution < -0.4 is 4.74 Å². The van der Waals surface area contributed by atoms with Crippen molar-refractivity contribution in [2.45, 2.75) is 30.0 Å². The molecule has 0 aliphatic carbocycles. The van der Waals surface area contributed by atoms with Gasteiger partial charge in [0.1, 0.15) is 5.75 Å². The third kappa shape index (κ3) is 4.92. The Hall–Kier alpha value is -1.65. The number of carbonyl (C=O) groups is 1. The molecule has 0 heterocycles. The molecule has 2 aromatic carbocycles. The van der Waals surface area contributed by atoms with Crippen LogP contribution in [0.5, 0.6) is 5.75 Å². The molecule has 0 unspecified atom stereocenters. The summed E-state index contributed by atoms with van der Waals surface area (Å²) in [5.74, 6) is 0.916. The molecule has 0 saturated carbocycles. The van der Waals surface area contributed by atoms with E-state index in [0.717, 1.165) is 22.6 Å². The zero-order valence-electron chi connectivity index (χ0n) is 14.2. The summed E-state index contributed by atoms with van der Waals surface area (Å²) in [4.78, 5) is 15.6. The lowest BCUT2D eigenvalue weighted by Crippen LogP contribution is -2.34. The molecule has 1 atom stereocenters. The second kappa shape index (κ2) is 9.00. The third-order valence-electron chi connectivity index (χ3n) is 3.71. The summed E-state index contributed by atoms with van der Waals surface area (Å²) in [6, 6.07) is 15.4. The maximum Gasteiger partial charge on any atom is 0.236 e. The number of nitrogens with zero attached hydrogens (tertiary/aromatic N) is 1. The molecule has 0 aromatic heterocycles. The SMILES string of the molecule is CC[C@H](Sc1ccc(Cl)cc1)C(=O)N(C)Cc1ccccc1OC. The van der Waals surface area contributed by atoms with E-state index in [2.05, 4.69) is 0 Å². The highest BCUT2D eigenvalue weighted by atomic mass is 35.5. The molecule has 128 valence electrons. The van der Waals surface area contributed by atoms with E-state index in [1.54, 1.807) is 23.8 Å². The Bertz CT molecular complexity index is 675. The Balaban J connectivity index is 2.05. The van der Waals surface area contributed by atoms with Crippen molar-refractivity contribution in [2.24, 2.45) is 0 Å². The fourth-order valence-corrected chi connectivity index (χ4v) is 3.59. The predicted octanol–water partition coefficient (Wildman–Crippen LogP) is 4.88. The molecule has 5 heteroatoms. The van der Waals surface area contributed by atoms with Gasteiger partial charge >= 0.3 is 0 Å². The molecule has 1 amide bonds. The Morgan fingerprint density at radius 3 is 2.50 bits per heavy atom. The highest BCUT2D eigenvalue weighted by Gasteiger charge is 2.22. The molecule has 2 aromatic rings. The number of ether oxygens (including phenoxy) is 1. The number of carbonyl (C=O) groups excluding carboxylic acids is 1. The van der Waals surface area contributed by atoms with Gasteiger partial charge in [-0.2, -0.15) is 0 Å². The average molecular weight is 364 g/mol. The maximum atomic E-state index is 12.8. The molecule has 24 heavy (non-hydrogen) atoms. The summed E-state index contributed by atoms with van der Waals surface area (Å²) < 4.78 is 5.36. The van der Waals surface area contributed by atoms with E-state index < -0.39 is 0 Å². The van der Waals surface area contributed by atoms with Crippen LogP contribution in [0.3, 0.4) is 0 Å². The van der Waals surface area contributed by atoms with Crippen molar-refractivity contribution in [3.05, 3.63) is 59.1 Å². The monoisotopic (exact) mass is 363 g/mol. The third-order valence-corrected chi connectivity index (χ3v) is 5.33. The lowest BCUT2D eigenvalue weighted by molar-refractivity contribution is -0.129. The van der Waals surface area contributed by atoms with Crippen LogP contribution in [-0.2, 0) is 11.3 Å². The zero-order chi connectivity index (χ0) is 17.5. The van der Waals surface area contributed by atoms with E-state index >= 15 is 0 Å². The molecule has 0 bridgehead atoms. The van der Waals surface area contributed by atoms with E-state index in [-0.39, 0.29) is 11.2 Å². The van der Waals surface area contributed by atoms with Crippen LogP contribution in [0, 0.1) is 0 Å². The van der Waals surface area contributed by atoms with Crippen LogP contribution >= 0.6 is 23.4 Å². The van der Waals surface area contributed by atoms with Crippen LogP contribution in [0.2, 0.25) is 5.02 Å². The Labute approximate surface area is 153 Å². The van der Waals surface area contributed by atoms with Gasteiger partial charge in [-0.05, 0) is 36.8 Å². The van der Waals surface area contributed by atoms with Gasteiger partial charge in [0.2, 0.25) is 5.91 Å². The first-order valence-electron chi connectivity index (χ1n) is 7.84. The van der Waals surface area contributed by atoms with Crippen molar-refractivity contribution in [3.8, 4) is 5.75 Å². The molecule has 3 nitrogen and oxygen atoms in total. The maximum absolute atomic E-state index is 12.8. The minimum atomic E-state index is -0.120. The predicted molar refractivity (Wildman–Crippen MR) is 101 cm³/mol. The Morgan fingerprint density at radius 1 is 1.21 bits per heavy atom. The van der Waals surface area contributed by atoms with Gasteiger partial charge in [-0.15, -0.1) is 11.8 Å². The minimum Gasteiger partial charge on any atom is -0.496 e. The van der Waals surface area contributed by atoms with E-state index in [1.165, 1.54) is 0 Å². The molecule has 2 rings (SSSR count). The van der Waals surface area contributed by atoms with Crippen molar-refractivity contribution in [2.75, 3.05) is 14.2 Å². The number of amides is 1. The molecule has 0 fully saturated rings. The van der Waals surface area contributed by atoms with Gasteiger partial charge in [-0.3, -0.25) is 4.79 Å². The number of rotatable bonds is 7.